The minimum atomic E-state index is -4.64. The van der Waals surface area contributed by atoms with E-state index in [1.807, 2.05) is 0 Å². The van der Waals surface area contributed by atoms with Gasteiger partial charge in [-0.3, -0.25) is 9.48 Å². The summed E-state index contributed by atoms with van der Waals surface area (Å²) >= 11 is 5.92. The first-order valence-electron chi connectivity index (χ1n) is 10.4. The molecule has 0 saturated heterocycles. The summed E-state index contributed by atoms with van der Waals surface area (Å²) in [6, 6.07) is 14.0. The van der Waals surface area contributed by atoms with E-state index in [2.05, 4.69) is 5.10 Å². The summed E-state index contributed by atoms with van der Waals surface area (Å²) < 4.78 is 67.3. The number of benzene rings is 3. The fourth-order valence-electron chi connectivity index (χ4n) is 3.61. The molecular weight excluding hydrogens is 505 g/mol. The van der Waals surface area contributed by atoms with Gasteiger partial charge in [-0.05, 0) is 54.1 Å². The van der Waals surface area contributed by atoms with Crippen LogP contribution in [0.5, 0.6) is 5.75 Å². The standard InChI is InChI=1S/C25H17ClF5N3O2/c1-33-23(25(29,30)31)12-21(32-33)18-8-7-17(11-22(18)35)34(13-14-2-5-16(26)6-3-14)24(36)15-4-9-19(27)20(28)10-15/h2-12,35H,13H2,1H3. The largest absolute Gasteiger partial charge is 0.507 e. The smallest absolute Gasteiger partial charge is 0.433 e. The molecule has 5 nitrogen and oxygen atoms in total. The van der Waals surface area contributed by atoms with Gasteiger partial charge in [0.1, 0.15) is 11.4 Å². The molecule has 0 fully saturated rings. The molecule has 1 amide bonds. The lowest BCUT2D eigenvalue weighted by Gasteiger charge is -2.24. The van der Waals surface area contributed by atoms with Gasteiger partial charge in [-0.25, -0.2) is 8.78 Å². The van der Waals surface area contributed by atoms with Crippen molar-refractivity contribution in [3.63, 3.8) is 0 Å². The molecular formula is C25H17ClF5N3O2. The quantitative estimate of drug-likeness (QED) is 0.301. The van der Waals surface area contributed by atoms with Crippen LogP contribution in [0, 0.1) is 11.6 Å². The maximum atomic E-state index is 13.8. The minimum Gasteiger partial charge on any atom is -0.507 e. The number of rotatable bonds is 5. The zero-order chi connectivity index (χ0) is 26.2. The second-order valence-corrected chi connectivity index (χ2v) is 8.32. The van der Waals surface area contributed by atoms with Crippen molar-refractivity contribution >= 4 is 23.2 Å². The van der Waals surface area contributed by atoms with Gasteiger partial charge in [-0.1, -0.05) is 23.7 Å². The fourth-order valence-corrected chi connectivity index (χ4v) is 3.73. The summed E-state index contributed by atoms with van der Waals surface area (Å²) in [4.78, 5) is 14.5. The van der Waals surface area contributed by atoms with Gasteiger partial charge in [0.05, 0.1) is 12.2 Å². The second-order valence-electron chi connectivity index (χ2n) is 7.88. The summed E-state index contributed by atoms with van der Waals surface area (Å²) in [5.41, 5.74) is -0.460. The Labute approximate surface area is 207 Å². The van der Waals surface area contributed by atoms with Gasteiger partial charge in [0.2, 0.25) is 0 Å². The highest BCUT2D eigenvalue weighted by molar-refractivity contribution is 6.30. The first-order valence-corrected chi connectivity index (χ1v) is 10.8. The van der Waals surface area contributed by atoms with Crippen molar-refractivity contribution in [2.75, 3.05) is 4.90 Å². The van der Waals surface area contributed by atoms with Crippen molar-refractivity contribution in [1.29, 1.82) is 0 Å². The molecule has 0 saturated carbocycles. The number of nitrogens with zero attached hydrogens (tertiary/aromatic N) is 3. The van der Waals surface area contributed by atoms with E-state index in [-0.39, 0.29) is 29.1 Å². The topological polar surface area (TPSA) is 58.4 Å². The number of anilines is 1. The number of amides is 1. The van der Waals surface area contributed by atoms with Crippen LogP contribution in [-0.4, -0.2) is 20.8 Å². The number of alkyl halides is 3. The van der Waals surface area contributed by atoms with Gasteiger partial charge in [0.25, 0.3) is 5.91 Å². The number of aryl methyl sites for hydroxylation is 1. The molecule has 4 aromatic rings. The van der Waals surface area contributed by atoms with Crippen LogP contribution in [0.15, 0.2) is 66.7 Å². The van der Waals surface area contributed by atoms with E-state index in [0.29, 0.717) is 15.3 Å². The number of carbonyl (C=O) groups is 1. The molecule has 0 aliphatic heterocycles. The molecule has 1 heterocycles. The SMILES string of the molecule is Cn1nc(-c2ccc(N(Cc3ccc(Cl)cc3)C(=O)c3ccc(F)c(F)c3)cc2O)cc1C(F)(F)F. The number of aromatic hydroxyl groups is 1. The Morgan fingerprint density at radius 2 is 1.69 bits per heavy atom. The lowest BCUT2D eigenvalue weighted by Crippen LogP contribution is -2.30. The third-order valence-corrected chi connectivity index (χ3v) is 5.66. The summed E-state index contributed by atoms with van der Waals surface area (Å²) in [6.07, 6.45) is -4.64. The number of aromatic nitrogens is 2. The maximum Gasteiger partial charge on any atom is 0.433 e. The van der Waals surface area contributed by atoms with Crippen molar-refractivity contribution in [2.45, 2.75) is 12.7 Å². The third-order valence-electron chi connectivity index (χ3n) is 5.40. The van der Waals surface area contributed by atoms with Crippen LogP contribution in [0.25, 0.3) is 11.3 Å². The zero-order valence-corrected chi connectivity index (χ0v) is 19.3. The highest BCUT2D eigenvalue weighted by atomic mass is 35.5. The van der Waals surface area contributed by atoms with Crippen molar-refractivity contribution < 1.29 is 31.9 Å². The molecule has 4 rings (SSSR count). The van der Waals surface area contributed by atoms with Crippen molar-refractivity contribution in [3.8, 4) is 17.0 Å². The number of phenols is 1. The average Bonchev–Trinajstić information content (AvgIpc) is 3.22. The Morgan fingerprint density at radius 1 is 1.00 bits per heavy atom. The molecule has 3 aromatic carbocycles. The first-order chi connectivity index (χ1) is 16.9. The Hall–Kier alpha value is -3.92. The van der Waals surface area contributed by atoms with Gasteiger partial charge in [-0.15, -0.1) is 0 Å². The van der Waals surface area contributed by atoms with Gasteiger partial charge in [0.15, 0.2) is 11.6 Å². The average molecular weight is 522 g/mol. The van der Waals surface area contributed by atoms with Crippen molar-refractivity contribution in [2.24, 2.45) is 7.05 Å². The number of halogens is 6. The Kier molecular flexibility index (Phi) is 6.73. The zero-order valence-electron chi connectivity index (χ0n) is 18.5. The van der Waals surface area contributed by atoms with E-state index in [1.165, 1.54) is 23.1 Å². The lowest BCUT2D eigenvalue weighted by molar-refractivity contribution is -0.143. The molecule has 0 bridgehead atoms. The van der Waals surface area contributed by atoms with Crippen LogP contribution in [0.3, 0.4) is 0 Å². The number of hydrogen-bond acceptors (Lipinski definition) is 3. The number of phenolic OH excluding ortho intramolecular Hbond substituents is 1. The summed E-state index contributed by atoms with van der Waals surface area (Å²) in [7, 11) is 1.13. The van der Waals surface area contributed by atoms with Crippen LogP contribution in [-0.2, 0) is 19.8 Å². The Balaban J connectivity index is 1.74. The third kappa shape index (κ3) is 5.18. The molecule has 0 unspecified atom stereocenters. The molecule has 36 heavy (non-hydrogen) atoms. The Bertz CT molecular complexity index is 1430. The van der Waals surface area contributed by atoms with E-state index in [4.69, 9.17) is 11.6 Å². The monoisotopic (exact) mass is 521 g/mol. The van der Waals surface area contributed by atoms with E-state index < -0.39 is 35.2 Å². The van der Waals surface area contributed by atoms with Crippen LogP contribution < -0.4 is 4.90 Å². The van der Waals surface area contributed by atoms with Gasteiger partial charge in [-0.2, -0.15) is 18.3 Å². The fraction of sp³-hybridized carbons (Fsp3) is 0.120. The van der Waals surface area contributed by atoms with Crippen molar-refractivity contribution in [1.82, 2.24) is 9.78 Å². The molecule has 0 aliphatic rings. The minimum absolute atomic E-state index is 0.0107. The first kappa shape index (κ1) is 25.2. The molecule has 1 aromatic heterocycles. The number of carbonyl (C=O) groups excluding carboxylic acids is 1. The van der Waals surface area contributed by atoms with Gasteiger partial charge < -0.3 is 10.0 Å². The van der Waals surface area contributed by atoms with E-state index in [1.54, 1.807) is 24.3 Å². The summed E-state index contributed by atoms with van der Waals surface area (Å²) in [6.45, 7) is -0.0321. The second kappa shape index (κ2) is 9.62. The molecule has 0 atom stereocenters. The van der Waals surface area contributed by atoms with E-state index in [9.17, 15) is 31.9 Å². The summed E-state index contributed by atoms with van der Waals surface area (Å²) in [5.74, 6) is -3.46. The number of hydrogen-bond donors (Lipinski definition) is 1. The van der Waals surface area contributed by atoms with Crippen LogP contribution >= 0.6 is 11.6 Å². The van der Waals surface area contributed by atoms with E-state index in [0.717, 1.165) is 31.3 Å². The Morgan fingerprint density at radius 3 is 2.28 bits per heavy atom. The highest BCUT2D eigenvalue weighted by Crippen LogP contribution is 2.37. The normalized spacial score (nSPS) is 11.5. The molecule has 186 valence electrons. The van der Waals surface area contributed by atoms with Crippen LogP contribution in [0.2, 0.25) is 5.02 Å². The van der Waals surface area contributed by atoms with Crippen LogP contribution in [0.4, 0.5) is 27.6 Å². The molecule has 1 N–H and O–H groups in total. The van der Waals surface area contributed by atoms with Gasteiger partial charge in [0, 0.05) is 35.0 Å². The predicted octanol–water partition coefficient (Wildman–Crippen LogP) is 6.59. The molecule has 0 spiro atoms. The van der Waals surface area contributed by atoms with Crippen LogP contribution in [0.1, 0.15) is 21.6 Å². The molecule has 0 radical (unpaired) electrons. The van der Waals surface area contributed by atoms with E-state index >= 15 is 0 Å². The van der Waals surface area contributed by atoms with Gasteiger partial charge >= 0.3 is 6.18 Å². The maximum absolute atomic E-state index is 13.8. The highest BCUT2D eigenvalue weighted by Gasteiger charge is 2.35. The lowest BCUT2D eigenvalue weighted by atomic mass is 10.1. The molecule has 0 aliphatic carbocycles. The van der Waals surface area contributed by atoms with Crippen molar-refractivity contribution in [3.05, 3.63) is 100 Å². The summed E-state index contributed by atoms with van der Waals surface area (Å²) in [5, 5.41) is 14.9. The molecule has 11 heteroatoms. The predicted molar refractivity (Wildman–Crippen MR) is 124 cm³/mol.